The number of thioether (sulfide) groups is 1. The highest BCUT2D eigenvalue weighted by molar-refractivity contribution is 8.05. The molecule has 4 N–H and O–H groups in total. The molecule has 34 heavy (non-hydrogen) atoms. The highest BCUT2D eigenvalue weighted by Gasteiger charge is 2.25. The zero-order valence-corrected chi connectivity index (χ0v) is 19.3. The molecule has 1 aliphatic carbocycles. The number of carbonyl (C=O) groups is 1. The lowest BCUT2D eigenvalue weighted by molar-refractivity contribution is -0.117. The third-order valence-electron chi connectivity index (χ3n) is 5.93. The molecular formula is C24H26N6O3S. The van der Waals surface area contributed by atoms with Crippen molar-refractivity contribution in [1.29, 1.82) is 0 Å². The van der Waals surface area contributed by atoms with Crippen molar-refractivity contribution < 1.29 is 14.3 Å². The first-order valence-corrected chi connectivity index (χ1v) is 12.2. The van der Waals surface area contributed by atoms with Crippen LogP contribution in [0.5, 0.6) is 0 Å². The summed E-state index contributed by atoms with van der Waals surface area (Å²) in [4.78, 5) is 25.8. The normalized spacial score (nSPS) is 23.7. The Morgan fingerprint density at radius 3 is 2.76 bits per heavy atom. The van der Waals surface area contributed by atoms with Crippen LogP contribution in [0.2, 0.25) is 0 Å². The Balaban J connectivity index is 1.11. The van der Waals surface area contributed by atoms with E-state index in [1.165, 1.54) is 0 Å². The van der Waals surface area contributed by atoms with Crippen LogP contribution >= 0.6 is 11.8 Å². The van der Waals surface area contributed by atoms with Crippen LogP contribution in [0.4, 0.5) is 5.95 Å². The summed E-state index contributed by atoms with van der Waals surface area (Å²) in [6.45, 7) is 0.731. The maximum absolute atomic E-state index is 11.8. The van der Waals surface area contributed by atoms with Crippen LogP contribution in [-0.4, -0.2) is 43.6 Å². The third kappa shape index (κ3) is 5.64. The first kappa shape index (κ1) is 22.6. The van der Waals surface area contributed by atoms with Crippen molar-refractivity contribution >= 4 is 29.7 Å². The largest absolute Gasteiger partial charge is 0.472 e. The Kier molecular flexibility index (Phi) is 6.89. The number of hydrogen-bond donors (Lipinski definition) is 4. The second-order valence-corrected chi connectivity index (χ2v) is 9.48. The van der Waals surface area contributed by atoms with Crippen molar-refractivity contribution in [2.45, 2.75) is 49.9 Å². The van der Waals surface area contributed by atoms with Crippen molar-refractivity contribution in [1.82, 2.24) is 25.6 Å². The molecule has 4 heterocycles. The number of hydrogen-bond acceptors (Lipinski definition) is 9. The van der Waals surface area contributed by atoms with Gasteiger partial charge in [-0.25, -0.2) is 9.97 Å². The minimum atomic E-state index is -0.904. The first-order valence-electron chi connectivity index (χ1n) is 11.3. The van der Waals surface area contributed by atoms with E-state index >= 15 is 0 Å². The SMILES string of the molecule is O=C1NC(O)S/C1=C\c1ccnc(N[C@H]2CC[C@H](NCc3cccc(-c4ccoc4)n3)CC2)n1. The summed E-state index contributed by atoms with van der Waals surface area (Å²) < 4.78 is 5.16. The fourth-order valence-electron chi connectivity index (χ4n) is 4.17. The summed E-state index contributed by atoms with van der Waals surface area (Å²) >= 11 is 1.07. The van der Waals surface area contributed by atoms with E-state index in [1.54, 1.807) is 30.9 Å². The van der Waals surface area contributed by atoms with Gasteiger partial charge in [0.2, 0.25) is 5.95 Å². The number of aromatic nitrogens is 3. The van der Waals surface area contributed by atoms with Crippen molar-refractivity contribution in [3.8, 4) is 11.3 Å². The highest BCUT2D eigenvalue weighted by atomic mass is 32.2. The van der Waals surface area contributed by atoms with Crippen LogP contribution in [0, 0.1) is 0 Å². The minimum absolute atomic E-state index is 0.292. The number of aliphatic hydroxyl groups is 1. The average molecular weight is 479 g/mol. The minimum Gasteiger partial charge on any atom is -0.472 e. The molecule has 1 aliphatic heterocycles. The second kappa shape index (κ2) is 10.4. The molecule has 3 aromatic heterocycles. The molecule has 1 saturated carbocycles. The maximum Gasteiger partial charge on any atom is 0.260 e. The Hall–Kier alpha value is -3.21. The molecule has 3 aromatic rings. The van der Waals surface area contributed by atoms with Gasteiger partial charge in [-0.3, -0.25) is 9.78 Å². The molecule has 1 saturated heterocycles. The van der Waals surface area contributed by atoms with Gasteiger partial charge in [-0.05, 0) is 56.0 Å². The fourth-order valence-corrected chi connectivity index (χ4v) is 4.93. The number of anilines is 1. The predicted octanol–water partition coefficient (Wildman–Crippen LogP) is 3.12. The van der Waals surface area contributed by atoms with E-state index in [2.05, 4.69) is 25.9 Å². The summed E-state index contributed by atoms with van der Waals surface area (Å²) in [5, 5.41) is 19.0. The molecule has 2 aliphatic rings. The lowest BCUT2D eigenvalue weighted by atomic mass is 9.91. The number of carbonyl (C=O) groups excluding carboxylic acids is 1. The van der Waals surface area contributed by atoms with E-state index in [1.807, 2.05) is 24.3 Å². The van der Waals surface area contributed by atoms with E-state index < -0.39 is 5.56 Å². The lowest BCUT2D eigenvalue weighted by Crippen LogP contribution is -2.37. The van der Waals surface area contributed by atoms with Crippen LogP contribution < -0.4 is 16.0 Å². The van der Waals surface area contributed by atoms with Crippen LogP contribution in [0.1, 0.15) is 37.1 Å². The van der Waals surface area contributed by atoms with Gasteiger partial charge in [0.15, 0.2) is 5.56 Å². The molecule has 0 radical (unpaired) electrons. The standard InChI is InChI=1S/C24H26N6O3S/c31-22-21(34-24(32)30-22)12-18-8-10-25-23(29-18)28-17-6-4-16(5-7-17)26-13-19-2-1-3-20(27-19)15-9-11-33-14-15/h1-3,8-12,14,16-17,24,26,32H,4-7,13H2,(H,30,31)(H,25,28,29)/b21-12-/t16-,17-,24?. The molecule has 9 nitrogen and oxygen atoms in total. The summed E-state index contributed by atoms with van der Waals surface area (Å²) in [5.41, 5.74) is 2.64. The average Bonchev–Trinajstić information content (AvgIpc) is 3.49. The molecule has 176 valence electrons. The van der Waals surface area contributed by atoms with Gasteiger partial charge in [0.1, 0.15) is 0 Å². The Labute approximate surface area is 201 Å². The zero-order valence-electron chi connectivity index (χ0n) is 18.5. The Morgan fingerprint density at radius 2 is 2.00 bits per heavy atom. The first-order chi connectivity index (χ1) is 16.6. The number of furan rings is 1. The Bertz CT molecular complexity index is 1160. The number of aliphatic hydroxyl groups excluding tert-OH is 1. The third-order valence-corrected chi connectivity index (χ3v) is 6.83. The second-order valence-electron chi connectivity index (χ2n) is 8.36. The summed E-state index contributed by atoms with van der Waals surface area (Å²) in [7, 11) is 0. The molecule has 1 unspecified atom stereocenters. The van der Waals surface area contributed by atoms with Gasteiger partial charge < -0.3 is 25.5 Å². The number of amides is 1. The molecule has 1 amide bonds. The smallest absolute Gasteiger partial charge is 0.260 e. The Morgan fingerprint density at radius 1 is 1.15 bits per heavy atom. The van der Waals surface area contributed by atoms with Gasteiger partial charge in [-0.1, -0.05) is 17.8 Å². The van der Waals surface area contributed by atoms with Gasteiger partial charge >= 0.3 is 0 Å². The van der Waals surface area contributed by atoms with Crippen LogP contribution in [0.15, 0.2) is 58.4 Å². The summed E-state index contributed by atoms with van der Waals surface area (Å²) in [5.74, 6) is 0.259. The summed E-state index contributed by atoms with van der Waals surface area (Å²) in [6.07, 6.45) is 10.8. The van der Waals surface area contributed by atoms with Crippen molar-refractivity contribution in [2.75, 3.05) is 5.32 Å². The van der Waals surface area contributed by atoms with Gasteiger partial charge in [0.25, 0.3) is 5.91 Å². The van der Waals surface area contributed by atoms with Crippen LogP contribution in [0.25, 0.3) is 17.3 Å². The van der Waals surface area contributed by atoms with Crippen LogP contribution in [-0.2, 0) is 11.3 Å². The monoisotopic (exact) mass is 478 g/mol. The quantitative estimate of drug-likeness (QED) is 0.379. The maximum atomic E-state index is 11.8. The van der Waals surface area contributed by atoms with Crippen molar-refractivity contribution in [2.24, 2.45) is 0 Å². The van der Waals surface area contributed by atoms with E-state index in [-0.39, 0.29) is 5.91 Å². The molecule has 10 heteroatoms. The van der Waals surface area contributed by atoms with Gasteiger partial charge in [-0.2, -0.15) is 0 Å². The number of nitrogens with one attached hydrogen (secondary N) is 3. The van der Waals surface area contributed by atoms with Gasteiger partial charge in [0, 0.05) is 30.4 Å². The number of rotatable bonds is 7. The van der Waals surface area contributed by atoms with E-state index in [0.29, 0.717) is 28.6 Å². The van der Waals surface area contributed by atoms with Crippen molar-refractivity contribution in [3.05, 3.63) is 65.3 Å². The molecule has 0 spiro atoms. The highest BCUT2D eigenvalue weighted by Crippen LogP contribution is 2.27. The summed E-state index contributed by atoms with van der Waals surface area (Å²) in [6, 6.07) is 10.5. The number of nitrogens with zero attached hydrogens (tertiary/aromatic N) is 3. The van der Waals surface area contributed by atoms with Gasteiger partial charge in [-0.15, -0.1) is 0 Å². The van der Waals surface area contributed by atoms with Gasteiger partial charge in [0.05, 0.1) is 34.5 Å². The lowest BCUT2D eigenvalue weighted by Gasteiger charge is -2.29. The molecule has 0 aromatic carbocycles. The van der Waals surface area contributed by atoms with E-state index in [0.717, 1.165) is 60.9 Å². The fraction of sp³-hybridized carbons (Fsp3) is 0.333. The molecular weight excluding hydrogens is 452 g/mol. The topological polar surface area (TPSA) is 125 Å². The molecule has 2 fully saturated rings. The van der Waals surface area contributed by atoms with Crippen LogP contribution in [0.3, 0.4) is 0 Å². The van der Waals surface area contributed by atoms with Crippen molar-refractivity contribution in [3.63, 3.8) is 0 Å². The predicted molar refractivity (Wildman–Crippen MR) is 130 cm³/mol. The van der Waals surface area contributed by atoms with E-state index in [9.17, 15) is 9.90 Å². The number of pyridine rings is 1. The zero-order chi connectivity index (χ0) is 23.3. The molecule has 0 bridgehead atoms. The van der Waals surface area contributed by atoms with E-state index in [4.69, 9.17) is 9.40 Å². The molecule has 5 rings (SSSR count). The molecule has 1 atom stereocenters.